The van der Waals surface area contributed by atoms with E-state index < -0.39 is 5.60 Å². The number of anilines is 2. The van der Waals surface area contributed by atoms with E-state index in [1.54, 1.807) is 13.8 Å². The molecule has 2 heterocycles. The molecule has 0 bridgehead atoms. The second kappa shape index (κ2) is 7.20. The maximum absolute atomic E-state index is 13.0. The van der Waals surface area contributed by atoms with Gasteiger partial charge < -0.3 is 10.1 Å². The molecule has 0 saturated carbocycles. The molecule has 7 heteroatoms. The third-order valence-electron chi connectivity index (χ3n) is 5.37. The van der Waals surface area contributed by atoms with Gasteiger partial charge in [0.05, 0.1) is 11.3 Å². The average Bonchev–Trinajstić information content (AvgIpc) is 3.02. The summed E-state index contributed by atoms with van der Waals surface area (Å²) in [4.78, 5) is 28.5. The van der Waals surface area contributed by atoms with Crippen LogP contribution in [0.4, 0.5) is 10.7 Å². The fraction of sp³-hybridized carbons (Fsp3) is 0.409. The fourth-order valence-corrected chi connectivity index (χ4v) is 5.17. The number of hydrogen-bond acceptors (Lipinski definition) is 5. The first-order valence-electron chi connectivity index (χ1n) is 9.76. The van der Waals surface area contributed by atoms with Crippen LogP contribution in [0.25, 0.3) is 0 Å². The monoisotopic (exact) mass is 409 g/mol. The Morgan fingerprint density at radius 1 is 1.34 bits per heavy atom. The van der Waals surface area contributed by atoms with Crippen molar-refractivity contribution in [3.63, 3.8) is 0 Å². The van der Waals surface area contributed by atoms with Crippen LogP contribution < -0.4 is 15.0 Å². The first kappa shape index (κ1) is 19.5. The summed E-state index contributed by atoms with van der Waals surface area (Å²) in [6.07, 6.45) is 4.01. The standard InChI is InChI=1S/C22H23N3O3S/c1-13-8-9-17-16(10-13)25(21(27)22(2,3)28-17)12-19(26)24-20-15(11-23)14-6-4-5-7-18(14)29-20/h8-10H,4-7,12H2,1-3H3,(H,24,26). The quantitative estimate of drug-likeness (QED) is 0.832. The summed E-state index contributed by atoms with van der Waals surface area (Å²) in [7, 11) is 0. The Bertz CT molecular complexity index is 1050. The van der Waals surface area contributed by atoms with Crippen molar-refractivity contribution in [1.29, 1.82) is 5.26 Å². The maximum atomic E-state index is 13.0. The summed E-state index contributed by atoms with van der Waals surface area (Å²) in [5.41, 5.74) is 2.16. The lowest BCUT2D eigenvalue weighted by Gasteiger charge is -2.38. The molecule has 1 aromatic carbocycles. The zero-order valence-corrected chi connectivity index (χ0v) is 17.6. The number of amides is 2. The zero-order valence-electron chi connectivity index (χ0n) is 16.8. The number of thiophene rings is 1. The topological polar surface area (TPSA) is 82.4 Å². The van der Waals surface area contributed by atoms with Crippen LogP contribution in [0.3, 0.4) is 0 Å². The Balaban J connectivity index is 1.60. The molecule has 2 aliphatic rings. The van der Waals surface area contributed by atoms with Crippen LogP contribution in [0.1, 0.15) is 48.3 Å². The molecule has 0 saturated heterocycles. The summed E-state index contributed by atoms with van der Waals surface area (Å²) >= 11 is 1.48. The van der Waals surface area contributed by atoms with E-state index in [-0.39, 0.29) is 18.4 Å². The van der Waals surface area contributed by atoms with Crippen molar-refractivity contribution in [1.82, 2.24) is 0 Å². The van der Waals surface area contributed by atoms with Crippen molar-refractivity contribution >= 4 is 33.8 Å². The Morgan fingerprint density at radius 3 is 2.86 bits per heavy atom. The lowest BCUT2D eigenvalue weighted by molar-refractivity contribution is -0.133. The second-order valence-electron chi connectivity index (χ2n) is 8.05. The molecule has 1 aliphatic carbocycles. The molecule has 2 amide bonds. The zero-order chi connectivity index (χ0) is 20.8. The molecular formula is C22H23N3O3S. The smallest absolute Gasteiger partial charge is 0.271 e. The van der Waals surface area contributed by atoms with Crippen molar-refractivity contribution in [3.05, 3.63) is 39.8 Å². The van der Waals surface area contributed by atoms with Crippen molar-refractivity contribution in [3.8, 4) is 11.8 Å². The molecule has 0 fully saturated rings. The molecule has 1 aromatic heterocycles. The summed E-state index contributed by atoms with van der Waals surface area (Å²) in [5.74, 6) is -0.00682. The normalized spacial score (nSPS) is 17.0. The second-order valence-corrected chi connectivity index (χ2v) is 9.16. The first-order valence-corrected chi connectivity index (χ1v) is 10.6. The number of aryl methyl sites for hydroxylation is 2. The van der Waals surface area contributed by atoms with E-state index in [9.17, 15) is 14.9 Å². The molecule has 1 aliphatic heterocycles. The van der Waals surface area contributed by atoms with Crippen molar-refractivity contribution < 1.29 is 14.3 Å². The first-order chi connectivity index (χ1) is 13.8. The van der Waals surface area contributed by atoms with Gasteiger partial charge in [0, 0.05) is 4.88 Å². The minimum Gasteiger partial charge on any atom is -0.476 e. The van der Waals surface area contributed by atoms with Gasteiger partial charge in [0.25, 0.3) is 5.91 Å². The molecule has 6 nitrogen and oxygen atoms in total. The van der Waals surface area contributed by atoms with Crippen LogP contribution in [0.5, 0.6) is 5.75 Å². The average molecular weight is 410 g/mol. The van der Waals surface area contributed by atoms with Gasteiger partial charge in [0.15, 0.2) is 5.60 Å². The maximum Gasteiger partial charge on any atom is 0.271 e. The Labute approximate surface area is 174 Å². The fourth-order valence-electron chi connectivity index (χ4n) is 3.92. The van der Waals surface area contributed by atoms with Gasteiger partial charge in [-0.15, -0.1) is 11.3 Å². The molecule has 150 valence electrons. The molecule has 2 aromatic rings. The number of nitrogens with zero attached hydrogens (tertiary/aromatic N) is 2. The van der Waals surface area contributed by atoms with Crippen LogP contribution in [-0.2, 0) is 22.4 Å². The van der Waals surface area contributed by atoms with E-state index in [4.69, 9.17) is 4.74 Å². The van der Waals surface area contributed by atoms with E-state index in [0.717, 1.165) is 36.8 Å². The van der Waals surface area contributed by atoms with Gasteiger partial charge in [0.2, 0.25) is 5.91 Å². The van der Waals surface area contributed by atoms with E-state index in [2.05, 4.69) is 11.4 Å². The van der Waals surface area contributed by atoms with Crippen LogP contribution in [0.15, 0.2) is 18.2 Å². The highest BCUT2D eigenvalue weighted by Crippen LogP contribution is 2.39. The van der Waals surface area contributed by atoms with Gasteiger partial charge >= 0.3 is 0 Å². The Hall–Kier alpha value is -2.85. The third kappa shape index (κ3) is 3.49. The number of benzene rings is 1. The van der Waals surface area contributed by atoms with Crippen molar-refractivity contribution in [2.24, 2.45) is 0 Å². The number of nitrogens with one attached hydrogen (secondary N) is 1. The highest BCUT2D eigenvalue weighted by Gasteiger charge is 2.41. The summed E-state index contributed by atoms with van der Waals surface area (Å²) < 4.78 is 5.84. The van der Waals surface area contributed by atoms with Crippen molar-refractivity contribution in [2.75, 3.05) is 16.8 Å². The lowest BCUT2D eigenvalue weighted by atomic mass is 9.96. The Kier molecular flexibility index (Phi) is 4.83. The molecule has 1 N–H and O–H groups in total. The molecule has 29 heavy (non-hydrogen) atoms. The molecule has 0 atom stereocenters. The molecule has 4 rings (SSSR count). The lowest BCUT2D eigenvalue weighted by Crippen LogP contribution is -2.54. The number of hydrogen-bond donors (Lipinski definition) is 1. The molecule has 0 radical (unpaired) electrons. The number of fused-ring (bicyclic) bond motifs is 2. The van der Waals surface area contributed by atoms with Gasteiger partial charge in [-0.05, 0) is 69.7 Å². The Morgan fingerprint density at radius 2 is 2.10 bits per heavy atom. The predicted molar refractivity (Wildman–Crippen MR) is 113 cm³/mol. The van der Waals surface area contributed by atoms with Crippen molar-refractivity contribution in [2.45, 2.75) is 52.1 Å². The van der Waals surface area contributed by atoms with E-state index in [1.165, 1.54) is 21.1 Å². The SMILES string of the molecule is Cc1ccc2c(c1)N(CC(=O)Nc1sc3c(c1C#N)CCCC3)C(=O)C(C)(C)O2. The third-order valence-corrected chi connectivity index (χ3v) is 6.58. The van der Waals surface area contributed by atoms with E-state index >= 15 is 0 Å². The number of carbonyl (C=O) groups excluding carboxylic acids is 2. The molecule has 0 unspecified atom stereocenters. The van der Waals surface area contributed by atoms with E-state index in [1.807, 2.05) is 25.1 Å². The minimum atomic E-state index is -1.05. The molecule has 0 spiro atoms. The number of ether oxygens (including phenoxy) is 1. The molecular weight excluding hydrogens is 386 g/mol. The van der Waals surface area contributed by atoms with Crippen LogP contribution >= 0.6 is 11.3 Å². The summed E-state index contributed by atoms with van der Waals surface area (Å²) in [6.45, 7) is 5.20. The van der Waals surface area contributed by atoms with Gasteiger partial charge in [0.1, 0.15) is 23.4 Å². The highest BCUT2D eigenvalue weighted by atomic mass is 32.1. The largest absolute Gasteiger partial charge is 0.476 e. The van der Waals surface area contributed by atoms with Gasteiger partial charge in [-0.25, -0.2) is 0 Å². The summed E-state index contributed by atoms with van der Waals surface area (Å²) in [6, 6.07) is 7.84. The van der Waals surface area contributed by atoms with Crippen LogP contribution in [0, 0.1) is 18.3 Å². The summed E-state index contributed by atoms with van der Waals surface area (Å²) in [5, 5.41) is 13.1. The van der Waals surface area contributed by atoms with E-state index in [0.29, 0.717) is 22.0 Å². The minimum absolute atomic E-state index is 0.129. The highest BCUT2D eigenvalue weighted by molar-refractivity contribution is 7.16. The van der Waals surface area contributed by atoms with Gasteiger partial charge in [-0.2, -0.15) is 5.26 Å². The number of nitriles is 1. The van der Waals surface area contributed by atoms with Crippen LogP contribution in [-0.4, -0.2) is 24.0 Å². The van der Waals surface area contributed by atoms with Crippen LogP contribution in [0.2, 0.25) is 0 Å². The van der Waals surface area contributed by atoms with Gasteiger partial charge in [-0.1, -0.05) is 6.07 Å². The number of carbonyl (C=O) groups is 2. The van der Waals surface area contributed by atoms with Gasteiger partial charge in [-0.3, -0.25) is 14.5 Å². The number of rotatable bonds is 3. The predicted octanol–water partition coefficient (Wildman–Crippen LogP) is 3.95.